The third-order valence-corrected chi connectivity index (χ3v) is 4.10. The van der Waals surface area contributed by atoms with Crippen LogP contribution in [0.25, 0.3) is 0 Å². The summed E-state index contributed by atoms with van der Waals surface area (Å²) in [6.07, 6.45) is 2.03. The summed E-state index contributed by atoms with van der Waals surface area (Å²) in [5, 5.41) is 5.59. The van der Waals surface area contributed by atoms with Crippen molar-refractivity contribution in [3.05, 3.63) is 45.9 Å². The van der Waals surface area contributed by atoms with Crippen LogP contribution in [0.5, 0.6) is 0 Å². The van der Waals surface area contributed by atoms with E-state index in [9.17, 15) is 4.79 Å². The van der Waals surface area contributed by atoms with Gasteiger partial charge in [-0.1, -0.05) is 18.2 Å². The molecule has 0 spiro atoms. The molecule has 5 heteroatoms. The van der Waals surface area contributed by atoms with Crippen molar-refractivity contribution < 1.29 is 4.79 Å². The number of carbonyl (C=O) groups is 1. The van der Waals surface area contributed by atoms with E-state index in [0.29, 0.717) is 12.2 Å². The van der Waals surface area contributed by atoms with Crippen molar-refractivity contribution in [3.8, 4) is 0 Å². The first-order valence-corrected chi connectivity index (χ1v) is 7.63. The van der Waals surface area contributed by atoms with E-state index in [0.717, 1.165) is 10.6 Å². The third kappa shape index (κ3) is 3.11. The van der Waals surface area contributed by atoms with Crippen molar-refractivity contribution in [2.45, 2.75) is 18.4 Å². The van der Waals surface area contributed by atoms with Gasteiger partial charge in [0.05, 0.1) is 5.01 Å². The Bertz CT molecular complexity index is 551. The van der Waals surface area contributed by atoms with E-state index >= 15 is 0 Å². The van der Waals surface area contributed by atoms with Crippen LogP contribution >= 0.6 is 23.1 Å². The Kier molecular flexibility index (Phi) is 4.38. The first-order chi connectivity index (χ1) is 8.70. The Morgan fingerprint density at radius 3 is 2.89 bits per heavy atom. The molecule has 0 bridgehead atoms. The van der Waals surface area contributed by atoms with E-state index in [1.807, 2.05) is 31.4 Å². The maximum Gasteiger partial charge on any atom is 0.271 e. The SMILES string of the molecule is CSc1ccccc1CNC(=O)c1csc(C)n1. The number of hydrogen-bond donors (Lipinski definition) is 1. The summed E-state index contributed by atoms with van der Waals surface area (Å²) >= 11 is 3.17. The number of aromatic nitrogens is 1. The molecule has 0 aliphatic heterocycles. The van der Waals surface area contributed by atoms with E-state index in [4.69, 9.17) is 0 Å². The monoisotopic (exact) mass is 278 g/mol. The van der Waals surface area contributed by atoms with Crippen LogP contribution in [-0.2, 0) is 6.54 Å². The summed E-state index contributed by atoms with van der Waals surface area (Å²) in [5.74, 6) is -0.116. The first-order valence-electron chi connectivity index (χ1n) is 5.53. The van der Waals surface area contributed by atoms with E-state index in [-0.39, 0.29) is 5.91 Å². The summed E-state index contributed by atoms with van der Waals surface area (Å²) in [6.45, 7) is 2.43. The summed E-state index contributed by atoms with van der Waals surface area (Å²) in [6, 6.07) is 8.06. The molecule has 18 heavy (non-hydrogen) atoms. The van der Waals surface area contributed by atoms with E-state index < -0.39 is 0 Å². The highest BCUT2D eigenvalue weighted by atomic mass is 32.2. The van der Waals surface area contributed by atoms with Gasteiger partial charge in [-0.3, -0.25) is 4.79 Å². The van der Waals surface area contributed by atoms with Gasteiger partial charge in [0, 0.05) is 16.8 Å². The second-order valence-corrected chi connectivity index (χ2v) is 5.66. The summed E-state index contributed by atoms with van der Waals surface area (Å²) < 4.78 is 0. The van der Waals surface area contributed by atoms with Gasteiger partial charge in [-0.05, 0) is 24.8 Å². The van der Waals surface area contributed by atoms with E-state index in [2.05, 4.69) is 16.4 Å². The highest BCUT2D eigenvalue weighted by Gasteiger charge is 2.09. The van der Waals surface area contributed by atoms with Crippen LogP contribution in [0, 0.1) is 6.92 Å². The van der Waals surface area contributed by atoms with Crippen molar-refractivity contribution in [1.29, 1.82) is 0 Å². The fraction of sp³-hybridized carbons (Fsp3) is 0.231. The topological polar surface area (TPSA) is 42.0 Å². The number of carbonyl (C=O) groups excluding carboxylic acids is 1. The molecule has 94 valence electrons. The van der Waals surface area contributed by atoms with Gasteiger partial charge in [-0.2, -0.15) is 0 Å². The van der Waals surface area contributed by atoms with Gasteiger partial charge in [0.25, 0.3) is 5.91 Å². The smallest absolute Gasteiger partial charge is 0.271 e. The lowest BCUT2D eigenvalue weighted by atomic mass is 10.2. The molecule has 1 aromatic carbocycles. The molecule has 1 amide bonds. The molecule has 2 rings (SSSR count). The number of nitrogens with zero attached hydrogens (tertiary/aromatic N) is 1. The number of thioether (sulfide) groups is 1. The van der Waals surface area contributed by atoms with Gasteiger partial charge in [-0.15, -0.1) is 23.1 Å². The summed E-state index contributed by atoms with van der Waals surface area (Å²) in [5.41, 5.74) is 1.63. The minimum Gasteiger partial charge on any atom is -0.347 e. The zero-order chi connectivity index (χ0) is 13.0. The Morgan fingerprint density at radius 2 is 2.22 bits per heavy atom. The number of thiazole rings is 1. The summed E-state index contributed by atoms with van der Waals surface area (Å²) in [7, 11) is 0. The van der Waals surface area contributed by atoms with Crippen LogP contribution in [0.2, 0.25) is 0 Å². The minimum absolute atomic E-state index is 0.116. The minimum atomic E-state index is -0.116. The number of rotatable bonds is 4. The van der Waals surface area contributed by atoms with Crippen LogP contribution in [-0.4, -0.2) is 17.1 Å². The molecule has 2 aromatic rings. The molecule has 0 aliphatic rings. The van der Waals surface area contributed by atoms with Gasteiger partial charge in [0.2, 0.25) is 0 Å². The Labute approximate surface area is 115 Å². The summed E-state index contributed by atoms with van der Waals surface area (Å²) in [4.78, 5) is 17.2. The second kappa shape index (κ2) is 6.02. The van der Waals surface area contributed by atoms with Crippen molar-refractivity contribution in [2.75, 3.05) is 6.26 Å². The molecule has 0 unspecified atom stereocenters. The molecule has 0 saturated carbocycles. The fourth-order valence-electron chi connectivity index (χ4n) is 1.58. The average Bonchev–Trinajstić information content (AvgIpc) is 2.83. The molecular weight excluding hydrogens is 264 g/mol. The Balaban J connectivity index is 2.01. The van der Waals surface area contributed by atoms with Gasteiger partial charge < -0.3 is 5.32 Å². The number of amides is 1. The van der Waals surface area contributed by atoms with E-state index in [1.165, 1.54) is 16.2 Å². The molecule has 1 aromatic heterocycles. The van der Waals surface area contributed by atoms with Crippen molar-refractivity contribution >= 4 is 29.0 Å². The molecule has 0 saturated heterocycles. The Morgan fingerprint density at radius 1 is 1.44 bits per heavy atom. The molecule has 0 fully saturated rings. The highest BCUT2D eigenvalue weighted by molar-refractivity contribution is 7.98. The first kappa shape index (κ1) is 13.1. The van der Waals surface area contributed by atoms with Crippen molar-refractivity contribution in [1.82, 2.24) is 10.3 Å². The molecule has 1 N–H and O–H groups in total. The fourth-order valence-corrected chi connectivity index (χ4v) is 2.79. The quantitative estimate of drug-likeness (QED) is 0.874. The molecule has 0 radical (unpaired) electrons. The lowest BCUT2D eigenvalue weighted by Gasteiger charge is -2.07. The van der Waals surface area contributed by atoms with Gasteiger partial charge in [-0.25, -0.2) is 4.98 Å². The van der Waals surface area contributed by atoms with Crippen LogP contribution in [0.4, 0.5) is 0 Å². The predicted molar refractivity (Wildman–Crippen MR) is 76.2 cm³/mol. The van der Waals surface area contributed by atoms with Gasteiger partial charge >= 0.3 is 0 Å². The molecule has 0 atom stereocenters. The Hall–Kier alpha value is -1.33. The average molecular weight is 278 g/mol. The van der Waals surface area contributed by atoms with Crippen LogP contribution < -0.4 is 5.32 Å². The molecular formula is C13H14N2OS2. The van der Waals surface area contributed by atoms with Crippen LogP contribution in [0.1, 0.15) is 21.1 Å². The maximum absolute atomic E-state index is 11.9. The van der Waals surface area contributed by atoms with Gasteiger partial charge in [0.1, 0.15) is 5.69 Å². The second-order valence-electron chi connectivity index (χ2n) is 3.75. The predicted octanol–water partition coefficient (Wildman–Crippen LogP) is 3.10. The number of nitrogens with one attached hydrogen (secondary N) is 1. The lowest BCUT2D eigenvalue weighted by molar-refractivity contribution is 0.0946. The largest absolute Gasteiger partial charge is 0.347 e. The molecule has 3 nitrogen and oxygen atoms in total. The standard InChI is InChI=1S/C13H14N2OS2/c1-9-15-11(8-18-9)13(16)14-7-10-5-3-4-6-12(10)17-2/h3-6,8H,7H2,1-2H3,(H,14,16). The maximum atomic E-state index is 11.9. The zero-order valence-electron chi connectivity index (χ0n) is 10.3. The molecule has 0 aliphatic carbocycles. The van der Waals surface area contributed by atoms with Gasteiger partial charge in [0.15, 0.2) is 0 Å². The lowest BCUT2D eigenvalue weighted by Crippen LogP contribution is -2.23. The number of benzene rings is 1. The zero-order valence-corrected chi connectivity index (χ0v) is 11.9. The van der Waals surface area contributed by atoms with Crippen molar-refractivity contribution in [2.24, 2.45) is 0 Å². The number of hydrogen-bond acceptors (Lipinski definition) is 4. The van der Waals surface area contributed by atoms with Crippen molar-refractivity contribution in [3.63, 3.8) is 0 Å². The highest BCUT2D eigenvalue weighted by Crippen LogP contribution is 2.19. The van der Waals surface area contributed by atoms with E-state index in [1.54, 1.807) is 17.1 Å². The van der Waals surface area contributed by atoms with Crippen LogP contribution in [0.3, 0.4) is 0 Å². The molecule has 1 heterocycles. The van der Waals surface area contributed by atoms with Crippen LogP contribution in [0.15, 0.2) is 34.5 Å². The number of aryl methyl sites for hydroxylation is 1. The normalized spacial score (nSPS) is 10.3. The third-order valence-electron chi connectivity index (χ3n) is 2.48.